The normalized spacial score (nSPS) is 11.9. The highest BCUT2D eigenvalue weighted by Gasteiger charge is 2.13. The lowest BCUT2D eigenvalue weighted by Gasteiger charge is -2.14. The number of carboxylic acid groups (broad SMARTS) is 1. The maximum Gasteiger partial charge on any atom is 0.315 e. The molecule has 0 aliphatic rings. The molecule has 1 atom stereocenters. The number of rotatable bonds is 6. The summed E-state index contributed by atoms with van der Waals surface area (Å²) >= 11 is 0. The summed E-state index contributed by atoms with van der Waals surface area (Å²) < 4.78 is 5.29. The van der Waals surface area contributed by atoms with E-state index in [0.29, 0.717) is 12.2 Å². The second kappa shape index (κ2) is 6.68. The Morgan fingerprint density at radius 3 is 2.67 bits per heavy atom. The predicted octanol–water partition coefficient (Wildman–Crippen LogP) is 1.64. The van der Waals surface area contributed by atoms with Gasteiger partial charge in [-0.05, 0) is 25.5 Å². The first-order valence-electron chi connectivity index (χ1n) is 5.82. The van der Waals surface area contributed by atoms with E-state index in [-0.39, 0.29) is 19.0 Å². The monoisotopic (exact) mass is 254 g/mol. The first kappa shape index (κ1) is 14.1. The zero-order valence-electron chi connectivity index (χ0n) is 10.5. The van der Waals surface area contributed by atoms with Crippen molar-refractivity contribution in [3.63, 3.8) is 0 Å². The van der Waals surface area contributed by atoms with Crippen molar-refractivity contribution in [3.8, 4) is 0 Å². The third-order valence-corrected chi connectivity index (χ3v) is 2.47. The lowest BCUT2D eigenvalue weighted by molar-refractivity contribution is -0.137. The van der Waals surface area contributed by atoms with Crippen LogP contribution in [-0.2, 0) is 11.3 Å². The molecule has 6 nitrogen and oxygen atoms in total. The molecular formula is C12H18N2O4. The number of amides is 2. The summed E-state index contributed by atoms with van der Waals surface area (Å²) in [6.45, 7) is 3.93. The molecule has 1 aromatic heterocycles. The number of nitrogens with one attached hydrogen (secondary N) is 2. The average molecular weight is 254 g/mol. The molecule has 18 heavy (non-hydrogen) atoms. The third-order valence-electron chi connectivity index (χ3n) is 2.47. The molecule has 0 radical (unpaired) electrons. The fraction of sp³-hybridized carbons (Fsp3) is 0.500. The number of hydrogen-bond donors (Lipinski definition) is 3. The van der Waals surface area contributed by atoms with Gasteiger partial charge < -0.3 is 20.2 Å². The maximum atomic E-state index is 11.5. The average Bonchev–Trinajstić information content (AvgIpc) is 2.71. The minimum Gasteiger partial charge on any atom is -0.481 e. The van der Waals surface area contributed by atoms with Crippen molar-refractivity contribution >= 4 is 12.0 Å². The van der Waals surface area contributed by atoms with Crippen LogP contribution in [0.4, 0.5) is 4.79 Å². The molecule has 1 rings (SSSR count). The van der Waals surface area contributed by atoms with Crippen LogP contribution in [0, 0.1) is 6.92 Å². The highest BCUT2D eigenvalue weighted by Crippen LogP contribution is 2.05. The summed E-state index contributed by atoms with van der Waals surface area (Å²) in [4.78, 5) is 22.1. The Labute approximate surface area is 105 Å². The van der Waals surface area contributed by atoms with Crippen molar-refractivity contribution in [2.75, 3.05) is 0 Å². The summed E-state index contributed by atoms with van der Waals surface area (Å²) in [5, 5.41) is 13.9. The molecule has 3 N–H and O–H groups in total. The van der Waals surface area contributed by atoms with E-state index in [4.69, 9.17) is 9.52 Å². The number of carbonyl (C=O) groups excluding carboxylic acids is 1. The van der Waals surface area contributed by atoms with Gasteiger partial charge in [-0.15, -0.1) is 0 Å². The zero-order chi connectivity index (χ0) is 13.5. The minimum absolute atomic E-state index is 0.0796. The topological polar surface area (TPSA) is 91.6 Å². The minimum atomic E-state index is -0.927. The Morgan fingerprint density at radius 2 is 2.17 bits per heavy atom. The number of carbonyl (C=O) groups is 2. The van der Waals surface area contributed by atoms with Gasteiger partial charge in [0.25, 0.3) is 0 Å². The van der Waals surface area contributed by atoms with Gasteiger partial charge in [-0.1, -0.05) is 6.92 Å². The highest BCUT2D eigenvalue weighted by atomic mass is 16.4. The Morgan fingerprint density at radius 1 is 1.44 bits per heavy atom. The Balaban J connectivity index is 2.34. The van der Waals surface area contributed by atoms with E-state index < -0.39 is 12.0 Å². The van der Waals surface area contributed by atoms with Crippen LogP contribution < -0.4 is 10.6 Å². The van der Waals surface area contributed by atoms with E-state index in [1.165, 1.54) is 0 Å². The van der Waals surface area contributed by atoms with E-state index in [1.807, 2.05) is 19.9 Å². The van der Waals surface area contributed by atoms with Crippen molar-refractivity contribution < 1.29 is 19.1 Å². The second-order valence-corrected chi connectivity index (χ2v) is 4.04. The standard InChI is InChI=1S/C12H18N2O4/c1-3-9(6-11(15)16)14-12(17)13-7-10-5-4-8(2)18-10/h4-5,9H,3,6-7H2,1-2H3,(H,15,16)(H2,13,14,17). The van der Waals surface area contributed by atoms with Crippen LogP contribution in [0.3, 0.4) is 0 Å². The number of urea groups is 1. The van der Waals surface area contributed by atoms with Crippen LogP contribution in [0.1, 0.15) is 31.3 Å². The molecule has 0 aliphatic heterocycles. The summed E-state index contributed by atoms with van der Waals surface area (Å²) in [5.74, 6) is 0.516. The molecule has 100 valence electrons. The summed E-state index contributed by atoms with van der Waals surface area (Å²) in [6.07, 6.45) is 0.489. The van der Waals surface area contributed by atoms with Gasteiger partial charge in [0.15, 0.2) is 0 Å². The lowest BCUT2D eigenvalue weighted by Crippen LogP contribution is -2.42. The molecule has 1 heterocycles. The van der Waals surface area contributed by atoms with Crippen LogP contribution in [-0.4, -0.2) is 23.1 Å². The fourth-order valence-corrected chi connectivity index (χ4v) is 1.49. The first-order valence-corrected chi connectivity index (χ1v) is 5.82. The van der Waals surface area contributed by atoms with E-state index in [0.717, 1.165) is 5.76 Å². The second-order valence-electron chi connectivity index (χ2n) is 4.04. The van der Waals surface area contributed by atoms with Crippen molar-refractivity contribution in [3.05, 3.63) is 23.7 Å². The molecule has 0 fully saturated rings. The molecule has 2 amide bonds. The van der Waals surface area contributed by atoms with Gasteiger partial charge in [0.2, 0.25) is 0 Å². The molecule has 0 bridgehead atoms. The largest absolute Gasteiger partial charge is 0.481 e. The lowest BCUT2D eigenvalue weighted by atomic mass is 10.1. The third kappa shape index (κ3) is 4.90. The number of aryl methyl sites for hydroxylation is 1. The smallest absolute Gasteiger partial charge is 0.315 e. The number of aliphatic carboxylic acids is 1. The highest BCUT2D eigenvalue weighted by molar-refractivity contribution is 5.75. The van der Waals surface area contributed by atoms with Gasteiger partial charge in [-0.3, -0.25) is 4.79 Å². The van der Waals surface area contributed by atoms with Gasteiger partial charge in [0.05, 0.1) is 13.0 Å². The molecule has 0 aliphatic carbocycles. The Hall–Kier alpha value is -1.98. The van der Waals surface area contributed by atoms with Gasteiger partial charge in [-0.25, -0.2) is 4.79 Å². The Bertz CT molecular complexity index is 414. The zero-order valence-corrected chi connectivity index (χ0v) is 10.5. The molecule has 0 aromatic carbocycles. The molecular weight excluding hydrogens is 236 g/mol. The molecule has 1 unspecified atom stereocenters. The molecule has 0 saturated carbocycles. The summed E-state index contributed by atoms with van der Waals surface area (Å²) in [7, 11) is 0. The Kier molecular flexibility index (Phi) is 5.23. The van der Waals surface area contributed by atoms with E-state index >= 15 is 0 Å². The van der Waals surface area contributed by atoms with Crippen molar-refractivity contribution in [1.82, 2.24) is 10.6 Å². The fourth-order valence-electron chi connectivity index (χ4n) is 1.49. The number of carboxylic acids is 1. The number of furan rings is 1. The SMILES string of the molecule is CCC(CC(=O)O)NC(=O)NCc1ccc(C)o1. The maximum absolute atomic E-state index is 11.5. The van der Waals surface area contributed by atoms with Crippen LogP contribution in [0.2, 0.25) is 0 Å². The molecule has 0 spiro atoms. The summed E-state index contributed by atoms with van der Waals surface area (Å²) in [6, 6.07) is 2.84. The van der Waals surface area contributed by atoms with E-state index in [2.05, 4.69) is 10.6 Å². The van der Waals surface area contributed by atoms with Crippen molar-refractivity contribution in [1.29, 1.82) is 0 Å². The number of hydrogen-bond acceptors (Lipinski definition) is 3. The van der Waals surface area contributed by atoms with Gasteiger partial charge in [-0.2, -0.15) is 0 Å². The van der Waals surface area contributed by atoms with Gasteiger partial charge in [0.1, 0.15) is 11.5 Å². The summed E-state index contributed by atoms with van der Waals surface area (Å²) in [5.41, 5.74) is 0. The molecule has 6 heteroatoms. The molecule has 1 aromatic rings. The van der Waals surface area contributed by atoms with Crippen LogP contribution >= 0.6 is 0 Å². The van der Waals surface area contributed by atoms with Crippen LogP contribution in [0.15, 0.2) is 16.5 Å². The van der Waals surface area contributed by atoms with Crippen molar-refractivity contribution in [2.24, 2.45) is 0 Å². The van der Waals surface area contributed by atoms with Crippen LogP contribution in [0.25, 0.3) is 0 Å². The quantitative estimate of drug-likeness (QED) is 0.719. The van der Waals surface area contributed by atoms with Gasteiger partial charge >= 0.3 is 12.0 Å². The van der Waals surface area contributed by atoms with E-state index in [1.54, 1.807) is 6.07 Å². The van der Waals surface area contributed by atoms with E-state index in [9.17, 15) is 9.59 Å². The molecule has 0 saturated heterocycles. The first-order chi connectivity index (χ1) is 8.51. The van der Waals surface area contributed by atoms with Gasteiger partial charge in [0, 0.05) is 6.04 Å². The van der Waals surface area contributed by atoms with Crippen molar-refractivity contribution in [2.45, 2.75) is 39.3 Å². The van der Waals surface area contributed by atoms with Crippen LogP contribution in [0.5, 0.6) is 0 Å². The predicted molar refractivity (Wildman–Crippen MR) is 65.1 cm³/mol.